The molecule has 1 rings (SSSR count). The van der Waals surface area contributed by atoms with Crippen LogP contribution in [0.1, 0.15) is 5.56 Å². The number of hydrogen-bond donors (Lipinski definition) is 1. The number of carbonyl (C=O) groups is 1. The topological polar surface area (TPSA) is 80.7 Å². The Labute approximate surface area is 93.6 Å². The summed E-state index contributed by atoms with van der Waals surface area (Å²) in [5.74, 6) is -0.791. The van der Waals surface area contributed by atoms with Gasteiger partial charge in [0, 0.05) is 6.26 Å². The average Bonchev–Trinajstić information content (AvgIpc) is 2.15. The first-order chi connectivity index (χ1) is 7.34. The summed E-state index contributed by atoms with van der Waals surface area (Å²) < 4.78 is 27.8. The van der Waals surface area contributed by atoms with E-state index in [1.54, 1.807) is 0 Å². The third kappa shape index (κ3) is 2.96. The molecule has 0 atom stereocenters. The molecule has 88 valence electrons. The molecule has 6 heteroatoms. The number of hydrogen-bond acceptors (Lipinski definition) is 4. The SMILES string of the molecule is COc1ccc(CC(=O)O)cc1S(C)(=O)=O. The summed E-state index contributed by atoms with van der Waals surface area (Å²) in [6.45, 7) is 0. The quantitative estimate of drug-likeness (QED) is 0.844. The van der Waals surface area contributed by atoms with Gasteiger partial charge in [0.1, 0.15) is 10.6 Å². The molecule has 0 unspecified atom stereocenters. The van der Waals surface area contributed by atoms with E-state index < -0.39 is 15.8 Å². The van der Waals surface area contributed by atoms with E-state index in [2.05, 4.69) is 0 Å². The Morgan fingerprint density at radius 1 is 1.44 bits per heavy atom. The molecule has 0 saturated carbocycles. The van der Waals surface area contributed by atoms with E-state index in [9.17, 15) is 13.2 Å². The molecule has 0 aromatic heterocycles. The van der Waals surface area contributed by atoms with E-state index in [-0.39, 0.29) is 17.1 Å². The second-order valence-electron chi connectivity index (χ2n) is 3.33. The largest absolute Gasteiger partial charge is 0.495 e. The summed E-state index contributed by atoms with van der Waals surface area (Å²) in [6.07, 6.45) is 0.835. The second-order valence-corrected chi connectivity index (χ2v) is 5.31. The lowest BCUT2D eigenvalue weighted by atomic mass is 10.1. The van der Waals surface area contributed by atoms with Crippen LogP contribution in [0, 0.1) is 0 Å². The highest BCUT2D eigenvalue weighted by molar-refractivity contribution is 7.90. The van der Waals surface area contributed by atoms with Crippen LogP contribution in [0.5, 0.6) is 5.75 Å². The minimum atomic E-state index is -3.42. The molecular weight excluding hydrogens is 232 g/mol. The van der Waals surface area contributed by atoms with E-state index in [4.69, 9.17) is 9.84 Å². The Morgan fingerprint density at radius 2 is 2.06 bits per heavy atom. The number of benzene rings is 1. The zero-order valence-electron chi connectivity index (χ0n) is 8.93. The van der Waals surface area contributed by atoms with Crippen molar-refractivity contribution in [3.8, 4) is 5.75 Å². The van der Waals surface area contributed by atoms with Crippen molar-refractivity contribution in [3.05, 3.63) is 23.8 Å². The van der Waals surface area contributed by atoms with Crippen LogP contribution in [0.15, 0.2) is 23.1 Å². The predicted octanol–water partition coefficient (Wildman–Crippen LogP) is 0.726. The Kier molecular flexibility index (Phi) is 3.54. The number of methoxy groups -OCH3 is 1. The van der Waals surface area contributed by atoms with Gasteiger partial charge < -0.3 is 9.84 Å². The van der Waals surface area contributed by atoms with Gasteiger partial charge in [0.15, 0.2) is 9.84 Å². The number of carboxylic acid groups (broad SMARTS) is 1. The predicted molar refractivity (Wildman–Crippen MR) is 57.4 cm³/mol. The van der Waals surface area contributed by atoms with Gasteiger partial charge in [-0.25, -0.2) is 8.42 Å². The molecule has 0 saturated heterocycles. The van der Waals surface area contributed by atoms with Gasteiger partial charge in [0.05, 0.1) is 13.5 Å². The molecule has 0 fully saturated rings. The van der Waals surface area contributed by atoms with Crippen LogP contribution in [0.4, 0.5) is 0 Å². The monoisotopic (exact) mass is 244 g/mol. The fourth-order valence-corrected chi connectivity index (χ4v) is 2.18. The van der Waals surface area contributed by atoms with Crippen molar-refractivity contribution in [1.82, 2.24) is 0 Å². The lowest BCUT2D eigenvalue weighted by Gasteiger charge is -2.08. The third-order valence-electron chi connectivity index (χ3n) is 1.98. The third-order valence-corrected chi connectivity index (χ3v) is 3.10. The molecule has 0 aliphatic carbocycles. The first kappa shape index (κ1) is 12.5. The molecule has 1 N–H and O–H groups in total. The van der Waals surface area contributed by atoms with E-state index in [1.807, 2.05) is 0 Å². The summed E-state index contributed by atoms with van der Waals surface area (Å²) in [5.41, 5.74) is 0.425. The highest BCUT2D eigenvalue weighted by atomic mass is 32.2. The van der Waals surface area contributed by atoms with Crippen molar-refractivity contribution in [1.29, 1.82) is 0 Å². The van der Waals surface area contributed by atoms with Gasteiger partial charge in [-0.2, -0.15) is 0 Å². The van der Waals surface area contributed by atoms with Crippen LogP contribution in [0.2, 0.25) is 0 Å². The molecule has 16 heavy (non-hydrogen) atoms. The normalized spacial score (nSPS) is 11.1. The molecule has 0 heterocycles. The van der Waals surface area contributed by atoms with Crippen LogP contribution in [0.3, 0.4) is 0 Å². The maximum Gasteiger partial charge on any atom is 0.307 e. The minimum absolute atomic E-state index is 0.00810. The van der Waals surface area contributed by atoms with Crippen molar-refractivity contribution in [3.63, 3.8) is 0 Å². The Bertz CT molecular complexity index is 504. The standard InChI is InChI=1S/C10H12O5S/c1-15-8-4-3-7(6-10(11)12)5-9(8)16(2,13)14/h3-5H,6H2,1-2H3,(H,11,12). The van der Waals surface area contributed by atoms with Crippen molar-refractivity contribution in [2.45, 2.75) is 11.3 Å². The highest BCUT2D eigenvalue weighted by Crippen LogP contribution is 2.24. The van der Waals surface area contributed by atoms with Crippen molar-refractivity contribution < 1.29 is 23.1 Å². The molecule has 0 aliphatic rings. The van der Waals surface area contributed by atoms with Gasteiger partial charge in [-0.05, 0) is 17.7 Å². The lowest BCUT2D eigenvalue weighted by molar-refractivity contribution is -0.136. The molecule has 0 radical (unpaired) electrons. The van der Waals surface area contributed by atoms with Gasteiger partial charge in [0.2, 0.25) is 0 Å². The van der Waals surface area contributed by atoms with Crippen LogP contribution < -0.4 is 4.74 Å². The van der Waals surface area contributed by atoms with Crippen molar-refractivity contribution in [2.75, 3.05) is 13.4 Å². The Balaban J connectivity index is 3.27. The van der Waals surface area contributed by atoms with Gasteiger partial charge in [-0.3, -0.25) is 4.79 Å². The van der Waals surface area contributed by atoms with Crippen molar-refractivity contribution >= 4 is 15.8 Å². The highest BCUT2D eigenvalue weighted by Gasteiger charge is 2.15. The maximum absolute atomic E-state index is 11.4. The molecule has 1 aromatic carbocycles. The van der Waals surface area contributed by atoms with Crippen LogP contribution in [-0.2, 0) is 21.1 Å². The number of sulfone groups is 1. The summed E-state index contributed by atoms with van der Waals surface area (Å²) in [4.78, 5) is 10.5. The minimum Gasteiger partial charge on any atom is -0.495 e. The van der Waals surface area contributed by atoms with E-state index in [0.717, 1.165) is 6.26 Å². The van der Waals surface area contributed by atoms with Crippen LogP contribution in [-0.4, -0.2) is 32.9 Å². The number of ether oxygens (including phenoxy) is 1. The van der Waals surface area contributed by atoms with Crippen molar-refractivity contribution in [2.24, 2.45) is 0 Å². The molecule has 0 spiro atoms. The number of carboxylic acids is 1. The first-order valence-electron chi connectivity index (χ1n) is 4.43. The van der Waals surface area contributed by atoms with Crippen LogP contribution in [0.25, 0.3) is 0 Å². The lowest BCUT2D eigenvalue weighted by Crippen LogP contribution is -2.05. The summed E-state index contributed by atoms with van der Waals surface area (Å²) in [5, 5.41) is 8.61. The number of aliphatic carboxylic acids is 1. The molecule has 1 aromatic rings. The van der Waals surface area contributed by atoms with E-state index in [0.29, 0.717) is 5.56 Å². The van der Waals surface area contributed by atoms with E-state index in [1.165, 1.54) is 25.3 Å². The molecule has 0 amide bonds. The fourth-order valence-electron chi connectivity index (χ4n) is 1.30. The number of rotatable bonds is 4. The zero-order valence-corrected chi connectivity index (χ0v) is 9.74. The first-order valence-corrected chi connectivity index (χ1v) is 6.32. The zero-order chi connectivity index (χ0) is 12.3. The molecule has 0 aliphatic heterocycles. The van der Waals surface area contributed by atoms with Gasteiger partial charge in [-0.15, -0.1) is 0 Å². The van der Waals surface area contributed by atoms with Gasteiger partial charge in [0.25, 0.3) is 0 Å². The summed E-state index contributed by atoms with van der Waals surface area (Å²) in [6, 6.07) is 4.30. The fraction of sp³-hybridized carbons (Fsp3) is 0.300. The molecule has 5 nitrogen and oxygen atoms in total. The molecule has 0 bridgehead atoms. The van der Waals surface area contributed by atoms with Gasteiger partial charge in [-0.1, -0.05) is 6.07 Å². The molecular formula is C10H12O5S. The van der Waals surface area contributed by atoms with Gasteiger partial charge >= 0.3 is 5.97 Å². The van der Waals surface area contributed by atoms with E-state index >= 15 is 0 Å². The Morgan fingerprint density at radius 3 is 2.50 bits per heavy atom. The Hall–Kier alpha value is -1.56. The summed E-state index contributed by atoms with van der Waals surface area (Å²) >= 11 is 0. The second kappa shape index (κ2) is 4.52. The smallest absolute Gasteiger partial charge is 0.307 e. The average molecular weight is 244 g/mol. The van der Waals surface area contributed by atoms with Crippen LogP contribution >= 0.6 is 0 Å². The summed E-state index contributed by atoms with van der Waals surface area (Å²) in [7, 11) is -2.06. The maximum atomic E-state index is 11.4.